The number of rotatable bonds is 3. The SMILES string of the molecule is COc1cc(C(=O)N2CCC(n3c(=O)[nH]c4ccccc43)CC2)nc2ccccc12. The lowest BCUT2D eigenvalue weighted by Gasteiger charge is -2.32. The molecule has 7 nitrogen and oxygen atoms in total. The van der Waals surface area contributed by atoms with Gasteiger partial charge in [-0.3, -0.25) is 9.36 Å². The molecule has 0 bridgehead atoms. The summed E-state index contributed by atoms with van der Waals surface area (Å²) in [5.74, 6) is 0.535. The molecule has 30 heavy (non-hydrogen) atoms. The third-order valence-corrected chi connectivity index (χ3v) is 5.86. The van der Waals surface area contributed by atoms with E-state index in [1.54, 1.807) is 13.2 Å². The minimum atomic E-state index is -0.108. The van der Waals surface area contributed by atoms with Crippen molar-refractivity contribution in [2.75, 3.05) is 20.2 Å². The fourth-order valence-electron chi connectivity index (χ4n) is 4.35. The van der Waals surface area contributed by atoms with Gasteiger partial charge in [-0.05, 0) is 37.1 Å². The standard InChI is InChI=1S/C23H22N4O3/c1-30-21-14-19(24-17-7-3-2-6-16(17)21)22(28)26-12-10-15(11-13-26)27-20-9-5-4-8-18(20)25-23(27)29/h2-9,14-15H,10-13H2,1H3,(H,25,29). The predicted octanol–water partition coefficient (Wildman–Crippen LogP) is 3.36. The van der Waals surface area contributed by atoms with E-state index >= 15 is 0 Å². The molecule has 0 atom stereocenters. The quantitative estimate of drug-likeness (QED) is 0.570. The van der Waals surface area contributed by atoms with Crippen molar-refractivity contribution in [3.05, 3.63) is 70.8 Å². The van der Waals surface area contributed by atoms with E-state index in [9.17, 15) is 9.59 Å². The van der Waals surface area contributed by atoms with Crippen molar-refractivity contribution in [3.8, 4) is 5.75 Å². The van der Waals surface area contributed by atoms with Crippen LogP contribution in [0.3, 0.4) is 0 Å². The number of pyridine rings is 1. The average Bonchev–Trinajstić information content (AvgIpc) is 3.13. The first-order chi connectivity index (χ1) is 14.7. The molecule has 1 aliphatic rings. The number of carbonyl (C=O) groups excluding carboxylic acids is 1. The number of benzene rings is 2. The van der Waals surface area contributed by atoms with Crippen molar-refractivity contribution in [2.24, 2.45) is 0 Å². The lowest BCUT2D eigenvalue weighted by Crippen LogP contribution is -2.40. The Morgan fingerprint density at radius 1 is 1.10 bits per heavy atom. The van der Waals surface area contributed by atoms with E-state index in [2.05, 4.69) is 9.97 Å². The van der Waals surface area contributed by atoms with E-state index < -0.39 is 0 Å². The molecular weight excluding hydrogens is 380 g/mol. The van der Waals surface area contributed by atoms with Gasteiger partial charge in [-0.15, -0.1) is 0 Å². The summed E-state index contributed by atoms with van der Waals surface area (Å²) in [5.41, 5.74) is 2.78. The van der Waals surface area contributed by atoms with Crippen LogP contribution < -0.4 is 10.4 Å². The van der Waals surface area contributed by atoms with Crippen molar-refractivity contribution in [3.63, 3.8) is 0 Å². The van der Waals surface area contributed by atoms with Crippen LogP contribution in [-0.2, 0) is 0 Å². The van der Waals surface area contributed by atoms with Gasteiger partial charge in [0.1, 0.15) is 11.4 Å². The number of piperidine rings is 1. The lowest BCUT2D eigenvalue weighted by atomic mass is 10.0. The first kappa shape index (κ1) is 18.4. The first-order valence-electron chi connectivity index (χ1n) is 10.1. The Morgan fingerprint density at radius 3 is 2.63 bits per heavy atom. The highest BCUT2D eigenvalue weighted by atomic mass is 16.5. The molecule has 1 fully saturated rings. The van der Waals surface area contributed by atoms with Gasteiger partial charge in [0.05, 0.1) is 23.7 Å². The molecule has 1 saturated heterocycles. The van der Waals surface area contributed by atoms with Crippen LogP contribution in [0.1, 0.15) is 29.4 Å². The number of fused-ring (bicyclic) bond motifs is 2. The van der Waals surface area contributed by atoms with Gasteiger partial charge >= 0.3 is 5.69 Å². The Labute approximate surface area is 172 Å². The minimum absolute atomic E-state index is 0.0665. The molecule has 0 saturated carbocycles. The number of aromatic amines is 1. The van der Waals surface area contributed by atoms with Gasteiger partial charge < -0.3 is 14.6 Å². The number of likely N-dealkylation sites (tertiary alicyclic amines) is 1. The monoisotopic (exact) mass is 402 g/mol. The van der Waals surface area contributed by atoms with E-state index in [0.29, 0.717) is 24.5 Å². The molecule has 2 aromatic carbocycles. The van der Waals surface area contributed by atoms with E-state index in [4.69, 9.17) is 4.74 Å². The van der Waals surface area contributed by atoms with Crippen LogP contribution in [0.15, 0.2) is 59.4 Å². The highest BCUT2D eigenvalue weighted by Gasteiger charge is 2.27. The summed E-state index contributed by atoms with van der Waals surface area (Å²) in [7, 11) is 1.60. The molecular formula is C23H22N4O3. The largest absolute Gasteiger partial charge is 0.496 e. The van der Waals surface area contributed by atoms with Gasteiger partial charge in [-0.2, -0.15) is 0 Å². The van der Waals surface area contributed by atoms with Gasteiger partial charge in [0, 0.05) is 30.6 Å². The molecule has 3 heterocycles. The Hall–Kier alpha value is -3.61. The molecule has 0 spiro atoms. The van der Waals surface area contributed by atoms with Gasteiger partial charge in [0.15, 0.2) is 0 Å². The van der Waals surface area contributed by atoms with Crippen molar-refractivity contribution < 1.29 is 9.53 Å². The number of imidazole rings is 1. The van der Waals surface area contributed by atoms with E-state index in [1.165, 1.54) is 0 Å². The van der Waals surface area contributed by atoms with Gasteiger partial charge in [-0.25, -0.2) is 9.78 Å². The topological polar surface area (TPSA) is 80.2 Å². The number of aromatic nitrogens is 3. The third-order valence-electron chi connectivity index (χ3n) is 5.86. The van der Waals surface area contributed by atoms with Crippen LogP contribution in [0.2, 0.25) is 0 Å². The molecule has 1 amide bonds. The number of hydrogen-bond donors (Lipinski definition) is 1. The fraction of sp³-hybridized carbons (Fsp3) is 0.261. The van der Waals surface area contributed by atoms with E-state index in [1.807, 2.05) is 58.0 Å². The predicted molar refractivity (Wildman–Crippen MR) is 115 cm³/mol. The van der Waals surface area contributed by atoms with Crippen molar-refractivity contribution >= 4 is 27.8 Å². The number of carbonyl (C=O) groups is 1. The number of para-hydroxylation sites is 3. The summed E-state index contributed by atoms with van der Waals surface area (Å²) < 4.78 is 7.30. The number of amides is 1. The third kappa shape index (κ3) is 3.03. The second-order valence-electron chi connectivity index (χ2n) is 7.57. The number of nitrogens with zero attached hydrogens (tertiary/aromatic N) is 3. The first-order valence-corrected chi connectivity index (χ1v) is 10.1. The van der Waals surface area contributed by atoms with Crippen LogP contribution >= 0.6 is 0 Å². The molecule has 0 radical (unpaired) electrons. The van der Waals surface area contributed by atoms with Crippen LogP contribution in [-0.4, -0.2) is 45.5 Å². The van der Waals surface area contributed by atoms with Crippen LogP contribution in [0.25, 0.3) is 21.9 Å². The smallest absolute Gasteiger partial charge is 0.326 e. The average molecular weight is 402 g/mol. The van der Waals surface area contributed by atoms with Gasteiger partial charge in [-0.1, -0.05) is 24.3 Å². The molecule has 0 unspecified atom stereocenters. The number of hydrogen-bond acceptors (Lipinski definition) is 4. The summed E-state index contributed by atoms with van der Waals surface area (Å²) in [5, 5.41) is 0.883. The minimum Gasteiger partial charge on any atom is -0.496 e. The molecule has 1 aliphatic heterocycles. The fourth-order valence-corrected chi connectivity index (χ4v) is 4.35. The Morgan fingerprint density at radius 2 is 1.83 bits per heavy atom. The molecule has 5 rings (SSSR count). The van der Waals surface area contributed by atoms with Crippen molar-refractivity contribution in [1.29, 1.82) is 0 Å². The summed E-state index contributed by atoms with van der Waals surface area (Å²) >= 11 is 0. The van der Waals surface area contributed by atoms with Gasteiger partial charge in [0.2, 0.25) is 0 Å². The number of methoxy groups -OCH3 is 1. The zero-order valence-electron chi connectivity index (χ0n) is 16.7. The highest BCUT2D eigenvalue weighted by molar-refractivity contribution is 5.97. The van der Waals surface area contributed by atoms with Gasteiger partial charge in [0.25, 0.3) is 5.91 Å². The maximum Gasteiger partial charge on any atom is 0.326 e. The summed E-state index contributed by atoms with van der Waals surface area (Å²) in [6.45, 7) is 1.15. The molecule has 0 aliphatic carbocycles. The molecule has 152 valence electrons. The number of H-pyrrole nitrogens is 1. The van der Waals surface area contributed by atoms with Crippen LogP contribution in [0.5, 0.6) is 5.75 Å². The Balaban J connectivity index is 1.38. The Bertz CT molecular complexity index is 1300. The number of nitrogens with one attached hydrogen (secondary N) is 1. The van der Waals surface area contributed by atoms with Crippen molar-refractivity contribution in [2.45, 2.75) is 18.9 Å². The second-order valence-corrected chi connectivity index (χ2v) is 7.57. The zero-order valence-corrected chi connectivity index (χ0v) is 16.7. The van der Waals surface area contributed by atoms with E-state index in [0.717, 1.165) is 34.8 Å². The zero-order chi connectivity index (χ0) is 20.7. The number of ether oxygens (including phenoxy) is 1. The van der Waals surface area contributed by atoms with Crippen LogP contribution in [0, 0.1) is 0 Å². The molecule has 2 aromatic heterocycles. The molecule has 4 aromatic rings. The summed E-state index contributed by atoms with van der Waals surface area (Å²) in [6.07, 6.45) is 1.44. The maximum atomic E-state index is 13.1. The lowest BCUT2D eigenvalue weighted by molar-refractivity contribution is 0.0689. The maximum absolute atomic E-state index is 13.1. The summed E-state index contributed by atoms with van der Waals surface area (Å²) in [4.78, 5) is 34.9. The Kier molecular flexibility index (Phi) is 4.50. The second kappa shape index (κ2) is 7.33. The van der Waals surface area contributed by atoms with E-state index in [-0.39, 0.29) is 17.6 Å². The summed E-state index contributed by atoms with van der Waals surface area (Å²) in [6, 6.07) is 17.1. The van der Waals surface area contributed by atoms with Crippen LogP contribution in [0.4, 0.5) is 0 Å². The molecule has 1 N–H and O–H groups in total. The molecule has 7 heteroatoms. The van der Waals surface area contributed by atoms with Crippen molar-refractivity contribution in [1.82, 2.24) is 19.4 Å². The normalized spacial score (nSPS) is 15.0. The highest BCUT2D eigenvalue weighted by Crippen LogP contribution is 2.28.